The van der Waals surface area contributed by atoms with Crippen LogP contribution in [-0.2, 0) is 0 Å². The number of halogens is 3. The monoisotopic (exact) mass is 344 g/mol. The zero-order valence-electron chi connectivity index (χ0n) is 5.64. The van der Waals surface area contributed by atoms with Gasteiger partial charge in [-0.1, -0.05) is 0 Å². The maximum atomic E-state index is 12.8. The van der Waals surface area contributed by atoms with E-state index in [1.807, 2.05) is 22.6 Å². The lowest BCUT2D eigenvalue weighted by molar-refractivity contribution is 0.0694. The molecule has 0 aliphatic heterocycles. The second kappa shape index (κ2) is 3.69. The zero-order valence-corrected chi connectivity index (χ0v) is 9.39. The molecule has 0 fully saturated rings. The summed E-state index contributed by atoms with van der Waals surface area (Å²) in [4.78, 5) is 10.6. The van der Waals surface area contributed by atoms with Crippen molar-refractivity contribution in [1.29, 1.82) is 0 Å². The average molecular weight is 345 g/mol. The summed E-state index contributed by atoms with van der Waals surface area (Å²) >= 11 is 4.71. The molecule has 0 spiro atoms. The topological polar surface area (TPSA) is 37.3 Å². The highest BCUT2D eigenvalue weighted by atomic mass is 127. The van der Waals surface area contributed by atoms with Gasteiger partial charge in [0, 0.05) is 3.57 Å². The molecule has 0 unspecified atom stereocenters. The molecule has 1 aromatic rings. The van der Waals surface area contributed by atoms with Crippen LogP contribution in [0.3, 0.4) is 0 Å². The summed E-state index contributed by atoms with van der Waals surface area (Å²) in [6.07, 6.45) is 0. The van der Waals surface area contributed by atoms with E-state index in [-0.39, 0.29) is 10.0 Å². The molecule has 1 aromatic carbocycles. The van der Waals surface area contributed by atoms with Gasteiger partial charge in [-0.3, -0.25) is 0 Å². The molecule has 0 amide bonds. The van der Waals surface area contributed by atoms with E-state index in [0.717, 1.165) is 0 Å². The molecule has 0 atom stereocenters. The second-order valence-electron chi connectivity index (χ2n) is 2.02. The lowest BCUT2D eigenvalue weighted by atomic mass is 10.2. The first-order chi connectivity index (χ1) is 5.54. The molecule has 0 radical (unpaired) electrons. The molecular formula is C7H3BrFIO2. The summed E-state index contributed by atoms with van der Waals surface area (Å²) in [5.41, 5.74) is -0.0319. The van der Waals surface area contributed by atoms with Crippen LogP contribution in [0, 0.1) is 9.39 Å². The second-order valence-corrected chi connectivity index (χ2v) is 3.98. The van der Waals surface area contributed by atoms with Crippen LogP contribution in [0.25, 0.3) is 0 Å². The van der Waals surface area contributed by atoms with Crippen LogP contribution in [0.1, 0.15) is 10.4 Å². The maximum Gasteiger partial charge on any atom is 0.338 e. The van der Waals surface area contributed by atoms with Gasteiger partial charge in [0.15, 0.2) is 0 Å². The molecule has 5 heteroatoms. The predicted molar refractivity (Wildman–Crippen MR) is 53.8 cm³/mol. The van der Waals surface area contributed by atoms with E-state index in [1.165, 1.54) is 12.1 Å². The Labute approximate surface area is 90.0 Å². The van der Waals surface area contributed by atoms with Gasteiger partial charge in [-0.15, -0.1) is 0 Å². The lowest BCUT2D eigenvalue weighted by Crippen LogP contribution is -2.02. The minimum Gasteiger partial charge on any atom is -0.478 e. The molecule has 1 rings (SSSR count). The Bertz CT molecular complexity index is 340. The Kier molecular flexibility index (Phi) is 3.05. The van der Waals surface area contributed by atoms with E-state index in [4.69, 9.17) is 5.11 Å². The van der Waals surface area contributed by atoms with Gasteiger partial charge in [-0.05, 0) is 50.7 Å². The summed E-state index contributed by atoms with van der Waals surface area (Å²) in [5.74, 6) is -1.70. The van der Waals surface area contributed by atoms with Crippen LogP contribution >= 0.6 is 38.5 Å². The third kappa shape index (κ3) is 1.77. The third-order valence-electron chi connectivity index (χ3n) is 1.26. The lowest BCUT2D eigenvalue weighted by Gasteiger charge is -2.02. The van der Waals surface area contributed by atoms with Crippen molar-refractivity contribution in [2.45, 2.75) is 0 Å². The molecule has 0 aromatic heterocycles. The van der Waals surface area contributed by atoms with Crippen LogP contribution < -0.4 is 0 Å². The van der Waals surface area contributed by atoms with Gasteiger partial charge < -0.3 is 5.11 Å². The maximum absolute atomic E-state index is 12.8. The SMILES string of the molecule is O=C(O)c1c(I)ccc(F)c1Br. The minimum atomic E-state index is -1.13. The molecule has 2 nitrogen and oxygen atoms in total. The normalized spacial score (nSPS) is 9.92. The quantitative estimate of drug-likeness (QED) is 0.628. The molecule has 0 bridgehead atoms. The summed E-state index contributed by atoms with van der Waals surface area (Å²) in [6.45, 7) is 0. The number of benzene rings is 1. The van der Waals surface area contributed by atoms with Gasteiger partial charge in [-0.2, -0.15) is 0 Å². The van der Waals surface area contributed by atoms with Crippen LogP contribution in [0.2, 0.25) is 0 Å². The van der Waals surface area contributed by atoms with E-state index in [2.05, 4.69) is 15.9 Å². The molecule has 0 aliphatic carbocycles. The fourth-order valence-corrected chi connectivity index (χ4v) is 2.29. The number of rotatable bonds is 1. The van der Waals surface area contributed by atoms with Gasteiger partial charge in [0.1, 0.15) is 5.82 Å². The highest BCUT2D eigenvalue weighted by molar-refractivity contribution is 14.1. The van der Waals surface area contributed by atoms with Crippen LogP contribution in [0.15, 0.2) is 16.6 Å². The van der Waals surface area contributed by atoms with Crippen LogP contribution in [0.5, 0.6) is 0 Å². The Morgan fingerprint density at radius 1 is 1.58 bits per heavy atom. The number of carboxylic acid groups (broad SMARTS) is 1. The number of aromatic carboxylic acids is 1. The Balaban J connectivity index is 3.43. The molecule has 64 valence electrons. The number of carboxylic acids is 1. The third-order valence-corrected chi connectivity index (χ3v) is 2.93. The first-order valence-corrected chi connectivity index (χ1v) is 4.78. The first-order valence-electron chi connectivity index (χ1n) is 2.91. The molecule has 0 heterocycles. The van der Waals surface area contributed by atoms with E-state index >= 15 is 0 Å². The van der Waals surface area contributed by atoms with Gasteiger partial charge >= 0.3 is 5.97 Å². The molecule has 12 heavy (non-hydrogen) atoms. The first kappa shape index (κ1) is 9.91. The minimum absolute atomic E-state index is 0.00176. The van der Waals surface area contributed by atoms with Crippen molar-refractivity contribution in [2.24, 2.45) is 0 Å². The van der Waals surface area contributed by atoms with Crippen molar-refractivity contribution in [2.75, 3.05) is 0 Å². The largest absolute Gasteiger partial charge is 0.478 e. The van der Waals surface area contributed by atoms with Gasteiger partial charge in [0.25, 0.3) is 0 Å². The van der Waals surface area contributed by atoms with Crippen molar-refractivity contribution in [3.8, 4) is 0 Å². The standard InChI is InChI=1S/C7H3BrFIO2/c8-6-3(9)1-2-4(10)5(6)7(11)12/h1-2H,(H,11,12). The molecule has 1 N–H and O–H groups in total. The summed E-state index contributed by atoms with van der Waals surface area (Å²) in [7, 11) is 0. The van der Waals surface area contributed by atoms with Crippen molar-refractivity contribution < 1.29 is 14.3 Å². The molecular weight excluding hydrogens is 342 g/mol. The van der Waals surface area contributed by atoms with Crippen molar-refractivity contribution in [3.63, 3.8) is 0 Å². The Hall–Kier alpha value is -0.170. The van der Waals surface area contributed by atoms with Crippen LogP contribution in [-0.4, -0.2) is 11.1 Å². The van der Waals surface area contributed by atoms with E-state index in [9.17, 15) is 9.18 Å². The average Bonchev–Trinajstić information content (AvgIpc) is 1.97. The van der Waals surface area contributed by atoms with Crippen molar-refractivity contribution in [3.05, 3.63) is 31.6 Å². The zero-order chi connectivity index (χ0) is 9.30. The summed E-state index contributed by atoms with van der Waals surface area (Å²) < 4.78 is 13.3. The Morgan fingerprint density at radius 2 is 2.17 bits per heavy atom. The van der Waals surface area contributed by atoms with E-state index < -0.39 is 11.8 Å². The molecule has 0 aliphatic rings. The van der Waals surface area contributed by atoms with Crippen molar-refractivity contribution >= 4 is 44.5 Å². The Morgan fingerprint density at radius 3 is 2.58 bits per heavy atom. The van der Waals surface area contributed by atoms with E-state index in [0.29, 0.717) is 3.57 Å². The molecule has 0 saturated carbocycles. The van der Waals surface area contributed by atoms with Gasteiger partial charge in [0.05, 0.1) is 10.0 Å². The molecule has 0 saturated heterocycles. The van der Waals surface area contributed by atoms with Crippen LogP contribution in [0.4, 0.5) is 4.39 Å². The van der Waals surface area contributed by atoms with Gasteiger partial charge in [-0.25, -0.2) is 9.18 Å². The highest BCUT2D eigenvalue weighted by Gasteiger charge is 2.15. The fraction of sp³-hybridized carbons (Fsp3) is 0. The highest BCUT2D eigenvalue weighted by Crippen LogP contribution is 2.25. The number of carbonyl (C=O) groups is 1. The summed E-state index contributed by atoms with van der Waals surface area (Å²) in [5, 5.41) is 8.67. The van der Waals surface area contributed by atoms with Crippen molar-refractivity contribution in [1.82, 2.24) is 0 Å². The van der Waals surface area contributed by atoms with E-state index in [1.54, 1.807) is 0 Å². The fourth-order valence-electron chi connectivity index (χ4n) is 0.723. The predicted octanol–water partition coefficient (Wildman–Crippen LogP) is 2.89. The number of hydrogen-bond acceptors (Lipinski definition) is 1. The van der Waals surface area contributed by atoms with Gasteiger partial charge in [0.2, 0.25) is 0 Å². The smallest absolute Gasteiger partial charge is 0.338 e. The number of hydrogen-bond donors (Lipinski definition) is 1. The summed E-state index contributed by atoms with van der Waals surface area (Å²) in [6, 6.07) is 2.64.